The molecule has 0 saturated heterocycles. The van der Waals surface area contributed by atoms with Gasteiger partial charge in [-0.15, -0.1) is 29.6 Å². The van der Waals surface area contributed by atoms with Gasteiger partial charge in [-0.1, -0.05) is 0 Å². The molecule has 10 heavy (non-hydrogen) atoms. The summed E-state index contributed by atoms with van der Waals surface area (Å²) >= 11 is 9.28. The molecule has 0 fully saturated rings. The van der Waals surface area contributed by atoms with Crippen LogP contribution in [0.25, 0.3) is 0 Å². The first kappa shape index (κ1) is 17.1. The van der Waals surface area contributed by atoms with Crippen LogP contribution in [-0.2, 0) is 25.8 Å². The number of rotatable bonds is 0. The smallest absolute Gasteiger partial charge is 0.0108 e. The van der Waals surface area contributed by atoms with Gasteiger partial charge in [0, 0.05) is 38.6 Å². The summed E-state index contributed by atoms with van der Waals surface area (Å²) in [5, 5.41) is 0. The summed E-state index contributed by atoms with van der Waals surface area (Å²) in [4.78, 5) is 0. The van der Waals surface area contributed by atoms with Crippen LogP contribution in [0.15, 0.2) is 18.2 Å². The van der Waals surface area contributed by atoms with Crippen molar-refractivity contribution in [3.05, 3.63) is 24.3 Å². The normalized spacial score (nSPS) is 10.0. The molecule has 0 aromatic heterocycles. The third-order valence-corrected chi connectivity index (χ3v) is 0.586. The first-order valence-electron chi connectivity index (χ1n) is 2.47. The number of alkyl halides is 2. The van der Waals surface area contributed by atoms with Crippen molar-refractivity contribution in [2.24, 2.45) is 0 Å². The summed E-state index contributed by atoms with van der Waals surface area (Å²) in [7, 11) is 0. The summed E-state index contributed by atoms with van der Waals surface area (Å²) in [5.74, 6) is 0. The second kappa shape index (κ2) is 22.5. The Morgan fingerprint density at radius 2 is 1.70 bits per heavy atom. The number of hydrogen-bond donors (Lipinski definition) is 0. The zero-order valence-corrected chi connectivity index (χ0v) is 11.3. The topological polar surface area (TPSA) is 0 Å². The Labute approximate surface area is 92.1 Å². The first-order valence-corrected chi connectivity index (χ1v) is 3.98. The third-order valence-electron chi connectivity index (χ3n) is 0.586. The van der Waals surface area contributed by atoms with Gasteiger partial charge in [0.1, 0.15) is 0 Å². The van der Waals surface area contributed by atoms with Gasteiger partial charge >= 0.3 is 0 Å². The second-order valence-electron chi connectivity index (χ2n) is 1.00. The Morgan fingerprint density at radius 1 is 1.20 bits per heavy atom. The van der Waals surface area contributed by atoms with Crippen molar-refractivity contribution in [1.29, 1.82) is 0 Å². The molecule has 0 atom stereocenters. The fraction of sp³-hybridized carbons (Fsp3) is 0.429. The monoisotopic (exact) mass is 345 g/mol. The van der Waals surface area contributed by atoms with Crippen LogP contribution in [-0.4, -0.2) is 12.8 Å². The summed E-state index contributed by atoms with van der Waals surface area (Å²) in [6.45, 7) is 0. The first-order chi connectivity index (χ1) is 4.50. The van der Waals surface area contributed by atoms with Crippen molar-refractivity contribution in [3.8, 4) is 0 Å². The maximum atomic E-state index is 4.64. The van der Waals surface area contributed by atoms with E-state index in [2.05, 4.69) is 35.4 Å². The average molecular weight is 345 g/mol. The fourth-order valence-electron chi connectivity index (χ4n) is 0.340. The van der Waals surface area contributed by atoms with Gasteiger partial charge in [0.05, 0.1) is 0 Å². The fourth-order valence-corrected chi connectivity index (χ4v) is 0.340. The van der Waals surface area contributed by atoms with E-state index in [1.165, 1.54) is 12.8 Å². The molecule has 58 valence electrons. The predicted octanol–water partition coefficient (Wildman–Crippen LogP) is 3.01. The van der Waals surface area contributed by atoms with E-state index in [1.807, 2.05) is 12.2 Å². The Bertz CT molecular complexity index is 69.7. The molecule has 1 aliphatic carbocycles. The minimum absolute atomic E-state index is 0. The molecule has 0 amide bonds. The summed E-state index contributed by atoms with van der Waals surface area (Å²) in [5.41, 5.74) is 0. The van der Waals surface area contributed by atoms with E-state index in [0.29, 0.717) is 0 Å². The van der Waals surface area contributed by atoms with Gasteiger partial charge in [0.15, 0.2) is 0 Å². The molecular weight excluding hydrogens is 333 g/mol. The molecule has 0 unspecified atom stereocenters. The van der Waals surface area contributed by atoms with Crippen molar-refractivity contribution < 1.29 is 25.8 Å². The summed E-state index contributed by atoms with van der Waals surface area (Å²) in [6.07, 6.45) is 12.9. The molecule has 0 aromatic rings. The number of allylic oxidation sites excluding steroid dienone is 4. The van der Waals surface area contributed by atoms with E-state index in [0.717, 1.165) is 6.42 Å². The second-order valence-corrected chi connectivity index (χ2v) is 1.00. The minimum Gasteiger partial charge on any atom is -0.273 e. The predicted molar refractivity (Wildman–Crippen MR) is 45.1 cm³/mol. The minimum atomic E-state index is 0. The van der Waals surface area contributed by atoms with Crippen LogP contribution in [0.3, 0.4) is 0 Å². The molecule has 1 aliphatic rings. The standard InChI is InChI=1S/C5H5.2CH3Cl.Hf/c1-2-4-5-3-1;2*1-2;/h1-3H,4H2;2*1H3;/q-1;;;. The summed E-state index contributed by atoms with van der Waals surface area (Å²) in [6, 6.07) is 0. The van der Waals surface area contributed by atoms with E-state index in [1.54, 1.807) is 0 Å². The van der Waals surface area contributed by atoms with E-state index in [4.69, 9.17) is 0 Å². The average Bonchev–Trinajstić information content (AvgIpc) is 2.51. The van der Waals surface area contributed by atoms with E-state index < -0.39 is 0 Å². The SMILES string of the molecule is CCl.CCl.[C-]1=CC=CC1.[Hf]. The number of hydrogen-bond acceptors (Lipinski definition) is 0. The molecular formula is C7H11Cl2Hf-. The Morgan fingerprint density at radius 3 is 1.80 bits per heavy atom. The molecule has 0 bridgehead atoms. The third kappa shape index (κ3) is 16.0. The molecule has 0 radical (unpaired) electrons. The van der Waals surface area contributed by atoms with E-state index in [-0.39, 0.29) is 25.8 Å². The molecule has 0 heterocycles. The van der Waals surface area contributed by atoms with E-state index >= 15 is 0 Å². The van der Waals surface area contributed by atoms with Gasteiger partial charge in [-0.2, -0.15) is 6.08 Å². The van der Waals surface area contributed by atoms with Crippen molar-refractivity contribution in [3.63, 3.8) is 0 Å². The van der Waals surface area contributed by atoms with Crippen molar-refractivity contribution in [2.45, 2.75) is 6.42 Å². The van der Waals surface area contributed by atoms with Gasteiger partial charge in [-0.05, 0) is 0 Å². The maximum Gasteiger partial charge on any atom is 0.0108 e. The van der Waals surface area contributed by atoms with E-state index in [9.17, 15) is 0 Å². The molecule has 0 N–H and O–H groups in total. The quantitative estimate of drug-likeness (QED) is 0.360. The molecule has 0 spiro atoms. The molecule has 0 saturated carbocycles. The molecule has 1 rings (SSSR count). The number of halogens is 2. The van der Waals surface area contributed by atoms with Gasteiger partial charge in [-0.25, -0.2) is 12.2 Å². The van der Waals surface area contributed by atoms with Crippen LogP contribution in [0.4, 0.5) is 0 Å². The zero-order chi connectivity index (χ0) is 7.54. The summed E-state index contributed by atoms with van der Waals surface area (Å²) < 4.78 is 0. The van der Waals surface area contributed by atoms with Crippen LogP contribution < -0.4 is 0 Å². The Kier molecular flexibility index (Phi) is 38.6. The van der Waals surface area contributed by atoms with Crippen molar-refractivity contribution in [2.75, 3.05) is 12.8 Å². The van der Waals surface area contributed by atoms with Crippen LogP contribution >= 0.6 is 23.2 Å². The van der Waals surface area contributed by atoms with Gasteiger partial charge in [-0.3, -0.25) is 6.08 Å². The van der Waals surface area contributed by atoms with Crippen LogP contribution in [0, 0.1) is 6.08 Å². The van der Waals surface area contributed by atoms with Crippen molar-refractivity contribution in [1.82, 2.24) is 0 Å². The maximum absolute atomic E-state index is 4.64. The van der Waals surface area contributed by atoms with Gasteiger partial charge < -0.3 is 0 Å². The van der Waals surface area contributed by atoms with Crippen molar-refractivity contribution >= 4 is 23.2 Å². The van der Waals surface area contributed by atoms with Gasteiger partial charge in [0.2, 0.25) is 0 Å². The molecule has 3 heteroatoms. The Hall–Kier alpha value is 0.930. The molecule has 0 aliphatic heterocycles. The molecule has 0 nitrogen and oxygen atoms in total. The zero-order valence-electron chi connectivity index (χ0n) is 6.20. The molecule has 0 aromatic carbocycles. The van der Waals surface area contributed by atoms with Crippen LogP contribution in [0.2, 0.25) is 0 Å². The largest absolute Gasteiger partial charge is 0.273 e. The Balaban J connectivity index is -0.0000000875. The van der Waals surface area contributed by atoms with Crippen LogP contribution in [0.1, 0.15) is 6.42 Å². The van der Waals surface area contributed by atoms with Gasteiger partial charge in [0.25, 0.3) is 0 Å². The van der Waals surface area contributed by atoms with Crippen LogP contribution in [0.5, 0.6) is 0 Å².